The average molecular weight is 205 g/mol. The van der Waals surface area contributed by atoms with Gasteiger partial charge in [-0.1, -0.05) is 12.2 Å². The van der Waals surface area contributed by atoms with Crippen LogP contribution in [-0.4, -0.2) is 16.2 Å². The molecule has 0 saturated carbocycles. The normalized spacial score (nSPS) is 10.4. The van der Waals surface area contributed by atoms with E-state index in [0.29, 0.717) is 0 Å². The number of pyridine rings is 2. The first kappa shape index (κ1) is 9.15. The second kappa shape index (κ2) is 3.75. The van der Waals surface area contributed by atoms with Crippen molar-refractivity contribution in [2.24, 2.45) is 0 Å². The summed E-state index contributed by atoms with van der Waals surface area (Å²) in [7, 11) is 0. The SMILES string of the molecule is CCNn1c(=S)ccc2cccnc21. The Hall–Kier alpha value is -1.42. The fourth-order valence-electron chi connectivity index (χ4n) is 1.38. The standard InChI is InChI=1S/C10H11N3S/c1-2-12-13-9(14)6-5-8-4-3-7-11-10(8)13/h3-7,12H,2H2,1H3. The summed E-state index contributed by atoms with van der Waals surface area (Å²) in [5.41, 5.74) is 4.05. The molecule has 72 valence electrons. The number of aromatic nitrogens is 2. The summed E-state index contributed by atoms with van der Waals surface area (Å²) in [4.78, 5) is 4.29. The first-order chi connectivity index (χ1) is 6.83. The summed E-state index contributed by atoms with van der Waals surface area (Å²) in [6, 6.07) is 7.83. The van der Waals surface area contributed by atoms with Crippen molar-refractivity contribution < 1.29 is 0 Å². The molecule has 0 radical (unpaired) electrons. The van der Waals surface area contributed by atoms with Gasteiger partial charge in [0, 0.05) is 18.1 Å². The lowest BCUT2D eigenvalue weighted by molar-refractivity contribution is 0.865. The maximum absolute atomic E-state index is 5.21. The lowest BCUT2D eigenvalue weighted by Gasteiger charge is -2.10. The van der Waals surface area contributed by atoms with Crippen LogP contribution in [0.2, 0.25) is 0 Å². The van der Waals surface area contributed by atoms with Crippen LogP contribution in [0.5, 0.6) is 0 Å². The van der Waals surface area contributed by atoms with Crippen LogP contribution in [0.1, 0.15) is 6.92 Å². The van der Waals surface area contributed by atoms with E-state index >= 15 is 0 Å². The molecular formula is C10H11N3S. The van der Waals surface area contributed by atoms with Gasteiger partial charge in [0.2, 0.25) is 0 Å². The lowest BCUT2D eigenvalue weighted by atomic mass is 10.3. The number of hydrogen-bond acceptors (Lipinski definition) is 3. The molecule has 0 aliphatic rings. The molecule has 0 atom stereocenters. The van der Waals surface area contributed by atoms with E-state index in [1.165, 1.54) is 0 Å². The van der Waals surface area contributed by atoms with Gasteiger partial charge in [-0.3, -0.25) is 0 Å². The molecule has 0 amide bonds. The smallest absolute Gasteiger partial charge is 0.159 e. The molecule has 1 N–H and O–H groups in total. The van der Waals surface area contributed by atoms with Gasteiger partial charge in [0.15, 0.2) is 5.65 Å². The number of rotatable bonds is 2. The molecular weight excluding hydrogens is 194 g/mol. The van der Waals surface area contributed by atoms with E-state index in [9.17, 15) is 0 Å². The van der Waals surface area contributed by atoms with Crippen molar-refractivity contribution in [1.29, 1.82) is 0 Å². The third kappa shape index (κ3) is 1.48. The van der Waals surface area contributed by atoms with Crippen molar-refractivity contribution in [1.82, 2.24) is 9.66 Å². The Balaban J connectivity index is 2.76. The van der Waals surface area contributed by atoms with Gasteiger partial charge in [-0.2, -0.15) is 0 Å². The minimum atomic E-state index is 0.748. The highest BCUT2D eigenvalue weighted by atomic mass is 32.1. The Morgan fingerprint density at radius 3 is 3.07 bits per heavy atom. The van der Waals surface area contributed by atoms with Crippen LogP contribution in [0.15, 0.2) is 30.5 Å². The largest absolute Gasteiger partial charge is 0.323 e. The molecule has 14 heavy (non-hydrogen) atoms. The Bertz CT molecular complexity index is 504. The van der Waals surface area contributed by atoms with Gasteiger partial charge in [0.05, 0.1) is 0 Å². The second-order valence-electron chi connectivity index (χ2n) is 2.93. The van der Waals surface area contributed by atoms with Crippen LogP contribution < -0.4 is 5.43 Å². The van der Waals surface area contributed by atoms with Crippen molar-refractivity contribution >= 4 is 23.3 Å². The van der Waals surface area contributed by atoms with Crippen LogP contribution in [0.4, 0.5) is 0 Å². The topological polar surface area (TPSA) is 29.9 Å². The third-order valence-electron chi connectivity index (χ3n) is 1.97. The highest BCUT2D eigenvalue weighted by Gasteiger charge is 1.98. The summed E-state index contributed by atoms with van der Waals surface area (Å²) in [5.74, 6) is 0. The minimum Gasteiger partial charge on any atom is -0.323 e. The van der Waals surface area contributed by atoms with E-state index < -0.39 is 0 Å². The fourth-order valence-corrected chi connectivity index (χ4v) is 1.60. The van der Waals surface area contributed by atoms with Crippen LogP contribution in [0, 0.1) is 4.64 Å². The Kier molecular flexibility index (Phi) is 2.45. The molecule has 0 aromatic carbocycles. The molecule has 0 saturated heterocycles. The Morgan fingerprint density at radius 1 is 1.43 bits per heavy atom. The van der Waals surface area contributed by atoms with E-state index in [0.717, 1.165) is 22.2 Å². The monoisotopic (exact) mass is 205 g/mol. The molecule has 2 rings (SSSR count). The van der Waals surface area contributed by atoms with E-state index in [2.05, 4.69) is 10.4 Å². The van der Waals surface area contributed by atoms with E-state index in [-0.39, 0.29) is 0 Å². The molecule has 0 unspecified atom stereocenters. The minimum absolute atomic E-state index is 0.748. The summed E-state index contributed by atoms with van der Waals surface area (Å²) >= 11 is 5.21. The zero-order valence-corrected chi connectivity index (χ0v) is 8.71. The molecule has 0 spiro atoms. The molecule has 0 bridgehead atoms. The van der Waals surface area contributed by atoms with E-state index in [1.54, 1.807) is 6.20 Å². The number of nitrogens with zero attached hydrogens (tertiary/aromatic N) is 2. The quantitative estimate of drug-likeness (QED) is 0.763. The molecule has 2 heterocycles. The summed E-state index contributed by atoms with van der Waals surface area (Å²) in [6.07, 6.45) is 1.77. The maximum atomic E-state index is 5.21. The lowest BCUT2D eigenvalue weighted by Crippen LogP contribution is -2.16. The zero-order chi connectivity index (χ0) is 9.97. The molecule has 0 fully saturated rings. The van der Waals surface area contributed by atoms with E-state index in [1.807, 2.05) is 35.9 Å². The van der Waals surface area contributed by atoms with Gasteiger partial charge in [0.25, 0.3) is 0 Å². The molecule has 0 aliphatic carbocycles. The maximum Gasteiger partial charge on any atom is 0.159 e. The highest BCUT2D eigenvalue weighted by molar-refractivity contribution is 7.71. The fraction of sp³-hybridized carbons (Fsp3) is 0.200. The van der Waals surface area contributed by atoms with Crippen LogP contribution in [0.25, 0.3) is 11.0 Å². The van der Waals surface area contributed by atoms with E-state index in [4.69, 9.17) is 12.2 Å². The van der Waals surface area contributed by atoms with Crippen molar-refractivity contribution in [3.05, 3.63) is 35.1 Å². The Labute approximate surface area is 87.4 Å². The third-order valence-corrected chi connectivity index (χ3v) is 2.29. The number of nitrogens with one attached hydrogen (secondary N) is 1. The first-order valence-corrected chi connectivity index (χ1v) is 4.94. The summed E-state index contributed by atoms with van der Waals surface area (Å²) in [5, 5.41) is 1.09. The van der Waals surface area contributed by atoms with Gasteiger partial charge in [-0.05, 0) is 31.2 Å². The molecule has 2 aromatic heterocycles. The molecule has 2 aromatic rings. The number of fused-ring (bicyclic) bond motifs is 1. The summed E-state index contributed by atoms with van der Waals surface area (Å²) < 4.78 is 2.59. The molecule has 4 heteroatoms. The van der Waals surface area contributed by atoms with Gasteiger partial charge in [-0.25, -0.2) is 9.66 Å². The van der Waals surface area contributed by atoms with Gasteiger partial charge in [0.1, 0.15) is 4.64 Å². The van der Waals surface area contributed by atoms with Gasteiger partial charge >= 0.3 is 0 Å². The van der Waals surface area contributed by atoms with Gasteiger partial charge < -0.3 is 5.43 Å². The van der Waals surface area contributed by atoms with Crippen molar-refractivity contribution in [3.63, 3.8) is 0 Å². The average Bonchev–Trinajstić information content (AvgIpc) is 2.23. The molecule has 3 nitrogen and oxygen atoms in total. The molecule has 0 aliphatic heterocycles. The van der Waals surface area contributed by atoms with Crippen molar-refractivity contribution in [3.8, 4) is 0 Å². The summed E-state index contributed by atoms with van der Waals surface area (Å²) in [6.45, 7) is 2.85. The predicted octanol–water partition coefficient (Wildman–Crippen LogP) is 2.33. The van der Waals surface area contributed by atoms with Crippen molar-refractivity contribution in [2.45, 2.75) is 6.92 Å². The predicted molar refractivity (Wildman–Crippen MR) is 60.5 cm³/mol. The van der Waals surface area contributed by atoms with Crippen LogP contribution in [-0.2, 0) is 0 Å². The van der Waals surface area contributed by atoms with Crippen LogP contribution >= 0.6 is 12.2 Å². The highest BCUT2D eigenvalue weighted by Crippen LogP contribution is 2.09. The Morgan fingerprint density at radius 2 is 2.29 bits per heavy atom. The van der Waals surface area contributed by atoms with Crippen LogP contribution in [0.3, 0.4) is 0 Å². The number of hydrogen-bond donors (Lipinski definition) is 1. The second-order valence-corrected chi connectivity index (χ2v) is 3.35. The zero-order valence-electron chi connectivity index (χ0n) is 7.90. The van der Waals surface area contributed by atoms with Gasteiger partial charge in [-0.15, -0.1) is 0 Å². The first-order valence-electron chi connectivity index (χ1n) is 4.53. The van der Waals surface area contributed by atoms with Crippen molar-refractivity contribution in [2.75, 3.05) is 12.0 Å².